The van der Waals surface area contributed by atoms with Crippen molar-refractivity contribution in [3.63, 3.8) is 0 Å². The molecule has 1 aliphatic heterocycles. The van der Waals surface area contributed by atoms with E-state index >= 15 is 0 Å². The van der Waals surface area contributed by atoms with Crippen LogP contribution in [0.3, 0.4) is 0 Å². The normalized spacial score (nSPS) is 18.0. The van der Waals surface area contributed by atoms with Crippen molar-refractivity contribution in [2.75, 3.05) is 19.8 Å². The third-order valence-corrected chi connectivity index (χ3v) is 4.13. The zero-order valence-corrected chi connectivity index (χ0v) is 13.3. The van der Waals surface area contributed by atoms with Crippen LogP contribution in [0.15, 0.2) is 30.3 Å². The lowest BCUT2D eigenvalue weighted by atomic mass is 9.89. The molecule has 0 spiro atoms. The van der Waals surface area contributed by atoms with Gasteiger partial charge in [-0.15, -0.1) is 0 Å². The first kappa shape index (κ1) is 17.3. The van der Waals surface area contributed by atoms with Gasteiger partial charge in [-0.3, -0.25) is 4.79 Å². The van der Waals surface area contributed by atoms with Crippen LogP contribution in [0.5, 0.6) is 5.75 Å². The molecule has 1 atom stereocenters. The highest BCUT2D eigenvalue weighted by atomic mass is 16.5. The molecular formula is C17H23NO5. The summed E-state index contributed by atoms with van der Waals surface area (Å²) in [5.41, 5.74) is -1.20. The fourth-order valence-electron chi connectivity index (χ4n) is 2.47. The first-order valence-electron chi connectivity index (χ1n) is 7.84. The Morgan fingerprint density at radius 3 is 2.57 bits per heavy atom. The minimum Gasteiger partial charge on any atom is -0.494 e. The van der Waals surface area contributed by atoms with Gasteiger partial charge in [0.05, 0.1) is 6.61 Å². The van der Waals surface area contributed by atoms with Crippen molar-refractivity contribution >= 4 is 11.9 Å². The SMILES string of the molecule is CC(CCOc1ccccc1)C(=O)NC1(C(=O)O)CCOCC1. The molecule has 1 amide bonds. The minimum absolute atomic E-state index is 0.258. The van der Waals surface area contributed by atoms with E-state index in [2.05, 4.69) is 5.32 Å². The van der Waals surface area contributed by atoms with Crippen LogP contribution in [0, 0.1) is 5.92 Å². The topological polar surface area (TPSA) is 84.9 Å². The van der Waals surface area contributed by atoms with E-state index in [0.717, 1.165) is 5.75 Å². The molecule has 6 heteroatoms. The van der Waals surface area contributed by atoms with Crippen molar-refractivity contribution in [3.05, 3.63) is 30.3 Å². The van der Waals surface area contributed by atoms with Gasteiger partial charge < -0.3 is 19.9 Å². The van der Waals surface area contributed by atoms with Gasteiger partial charge in [0.2, 0.25) is 5.91 Å². The van der Waals surface area contributed by atoms with E-state index in [-0.39, 0.29) is 11.8 Å². The lowest BCUT2D eigenvalue weighted by Gasteiger charge is -2.34. The second-order valence-corrected chi connectivity index (χ2v) is 5.84. The average molecular weight is 321 g/mol. The molecule has 0 bridgehead atoms. The molecule has 1 fully saturated rings. The molecule has 6 nitrogen and oxygen atoms in total. The fraction of sp³-hybridized carbons (Fsp3) is 0.529. The molecule has 2 rings (SSSR count). The Balaban J connectivity index is 1.82. The van der Waals surface area contributed by atoms with Crippen LogP contribution >= 0.6 is 0 Å². The number of rotatable bonds is 7. The molecule has 1 saturated heterocycles. The number of amides is 1. The van der Waals surface area contributed by atoms with E-state index in [1.54, 1.807) is 6.92 Å². The molecule has 0 aromatic heterocycles. The molecule has 1 unspecified atom stereocenters. The summed E-state index contributed by atoms with van der Waals surface area (Å²) in [4.78, 5) is 23.8. The molecule has 2 N–H and O–H groups in total. The van der Waals surface area contributed by atoms with Crippen molar-refractivity contribution in [2.45, 2.75) is 31.7 Å². The molecule has 1 aromatic rings. The second-order valence-electron chi connectivity index (χ2n) is 5.84. The second kappa shape index (κ2) is 7.97. The van der Waals surface area contributed by atoms with Crippen molar-refractivity contribution in [2.24, 2.45) is 5.92 Å². The highest BCUT2D eigenvalue weighted by molar-refractivity contribution is 5.88. The van der Waals surface area contributed by atoms with Crippen molar-refractivity contribution in [3.8, 4) is 5.75 Å². The Morgan fingerprint density at radius 2 is 1.96 bits per heavy atom. The third kappa shape index (κ3) is 4.69. The summed E-state index contributed by atoms with van der Waals surface area (Å²) in [5.74, 6) is -0.822. The lowest BCUT2D eigenvalue weighted by molar-refractivity contribution is -0.152. The third-order valence-electron chi connectivity index (χ3n) is 4.13. The minimum atomic E-state index is -1.20. The number of carboxylic acid groups (broad SMARTS) is 1. The Bertz CT molecular complexity index is 525. The number of hydrogen-bond acceptors (Lipinski definition) is 4. The van der Waals surface area contributed by atoms with Gasteiger partial charge in [0.15, 0.2) is 0 Å². The first-order chi connectivity index (χ1) is 11.0. The van der Waals surface area contributed by atoms with Gasteiger partial charge in [-0.2, -0.15) is 0 Å². The summed E-state index contributed by atoms with van der Waals surface area (Å²) < 4.78 is 10.8. The Labute approximate surface area is 135 Å². The number of hydrogen-bond donors (Lipinski definition) is 2. The van der Waals surface area contributed by atoms with Crippen LogP contribution in [0.1, 0.15) is 26.2 Å². The number of carboxylic acids is 1. The zero-order valence-electron chi connectivity index (χ0n) is 13.3. The molecule has 1 aliphatic rings. The maximum absolute atomic E-state index is 12.3. The molecular weight excluding hydrogens is 298 g/mol. The van der Waals surface area contributed by atoms with Crippen LogP contribution in [0.4, 0.5) is 0 Å². The number of carbonyl (C=O) groups excluding carboxylic acids is 1. The van der Waals surface area contributed by atoms with E-state index in [9.17, 15) is 14.7 Å². The van der Waals surface area contributed by atoms with Crippen molar-refractivity contribution in [1.82, 2.24) is 5.32 Å². The summed E-state index contributed by atoms with van der Waals surface area (Å²) in [7, 11) is 0. The number of para-hydroxylation sites is 1. The van der Waals surface area contributed by atoms with Crippen molar-refractivity contribution < 1.29 is 24.2 Å². The van der Waals surface area contributed by atoms with Crippen LogP contribution in [0.2, 0.25) is 0 Å². The van der Waals surface area contributed by atoms with Gasteiger partial charge in [-0.1, -0.05) is 25.1 Å². The summed E-state index contributed by atoms with van der Waals surface area (Å²) in [5, 5.41) is 12.2. The summed E-state index contributed by atoms with van der Waals surface area (Å²) >= 11 is 0. The predicted molar refractivity (Wildman–Crippen MR) is 84.3 cm³/mol. The van der Waals surface area contributed by atoms with E-state index < -0.39 is 11.5 Å². The highest BCUT2D eigenvalue weighted by Crippen LogP contribution is 2.22. The first-order valence-corrected chi connectivity index (χ1v) is 7.84. The largest absolute Gasteiger partial charge is 0.494 e. The Kier molecular flexibility index (Phi) is 5.98. The van der Waals surface area contributed by atoms with Crippen molar-refractivity contribution in [1.29, 1.82) is 0 Å². The molecule has 1 aromatic carbocycles. The molecule has 0 radical (unpaired) electrons. The quantitative estimate of drug-likeness (QED) is 0.800. The van der Waals surface area contributed by atoms with Gasteiger partial charge in [0, 0.05) is 32.0 Å². The smallest absolute Gasteiger partial charge is 0.329 e. The van der Waals surface area contributed by atoms with Gasteiger partial charge in [-0.05, 0) is 18.6 Å². The maximum Gasteiger partial charge on any atom is 0.329 e. The predicted octanol–water partition coefficient (Wildman–Crippen LogP) is 1.84. The number of carbonyl (C=O) groups is 2. The molecule has 23 heavy (non-hydrogen) atoms. The standard InChI is InChI=1S/C17H23NO5/c1-13(7-10-23-14-5-3-2-4-6-14)15(19)18-17(16(20)21)8-11-22-12-9-17/h2-6,13H,7-12H2,1H3,(H,18,19)(H,20,21). The number of benzene rings is 1. The molecule has 126 valence electrons. The van der Waals surface area contributed by atoms with E-state index in [1.807, 2.05) is 30.3 Å². The number of ether oxygens (including phenoxy) is 2. The van der Waals surface area contributed by atoms with E-state index in [0.29, 0.717) is 39.1 Å². The van der Waals surface area contributed by atoms with Gasteiger partial charge in [-0.25, -0.2) is 4.79 Å². The fourth-order valence-corrected chi connectivity index (χ4v) is 2.47. The molecule has 1 heterocycles. The number of aliphatic carboxylic acids is 1. The average Bonchev–Trinajstić information content (AvgIpc) is 2.56. The summed E-state index contributed by atoms with van der Waals surface area (Å²) in [6.45, 7) is 2.87. The lowest BCUT2D eigenvalue weighted by Crippen LogP contribution is -2.58. The molecule has 0 aliphatic carbocycles. The Hall–Kier alpha value is -2.08. The van der Waals surface area contributed by atoms with Crippen LogP contribution in [-0.4, -0.2) is 42.3 Å². The summed E-state index contributed by atoms with van der Waals surface area (Å²) in [6.07, 6.45) is 1.11. The monoisotopic (exact) mass is 321 g/mol. The zero-order chi connectivity index (χ0) is 16.7. The van der Waals surface area contributed by atoms with Crippen LogP contribution in [0.25, 0.3) is 0 Å². The van der Waals surface area contributed by atoms with Gasteiger partial charge >= 0.3 is 5.97 Å². The number of nitrogens with one attached hydrogen (secondary N) is 1. The van der Waals surface area contributed by atoms with Gasteiger partial charge in [0.25, 0.3) is 0 Å². The highest BCUT2D eigenvalue weighted by Gasteiger charge is 2.42. The van der Waals surface area contributed by atoms with E-state index in [1.165, 1.54) is 0 Å². The maximum atomic E-state index is 12.3. The van der Waals surface area contributed by atoms with E-state index in [4.69, 9.17) is 9.47 Å². The Morgan fingerprint density at radius 1 is 1.30 bits per heavy atom. The van der Waals surface area contributed by atoms with Crippen LogP contribution < -0.4 is 10.1 Å². The van der Waals surface area contributed by atoms with Crippen LogP contribution in [-0.2, 0) is 14.3 Å². The van der Waals surface area contributed by atoms with Gasteiger partial charge in [0.1, 0.15) is 11.3 Å². The summed E-state index contributed by atoms with van der Waals surface area (Å²) in [6, 6.07) is 9.38. The molecule has 0 saturated carbocycles.